The monoisotopic (exact) mass is 284 g/mol. The van der Waals surface area contributed by atoms with Crippen molar-refractivity contribution in [2.75, 3.05) is 7.11 Å². The molecule has 3 nitrogen and oxygen atoms in total. The maximum Gasteiger partial charge on any atom is 0.525 e. The molecule has 5 heteroatoms. The number of allylic oxidation sites excluding steroid dienone is 1. The van der Waals surface area contributed by atoms with Crippen LogP contribution in [0.4, 0.5) is 4.39 Å². The Kier molecular flexibility index (Phi) is 3.85. The van der Waals surface area contributed by atoms with Crippen molar-refractivity contribution in [1.29, 1.82) is 0 Å². The average molecular weight is 284 g/mol. The molecule has 20 heavy (non-hydrogen) atoms. The van der Waals surface area contributed by atoms with Crippen molar-refractivity contribution in [1.82, 2.24) is 0 Å². The fraction of sp³-hybridized carbons (Fsp3) is 0.867. The van der Waals surface area contributed by atoms with E-state index in [1.165, 1.54) is 0 Å². The van der Waals surface area contributed by atoms with E-state index < -0.39 is 18.3 Å². The normalized spacial score (nSPS) is 28.5. The molecule has 0 aromatic rings. The largest absolute Gasteiger partial charge is 0.525 e. The van der Waals surface area contributed by atoms with Gasteiger partial charge in [0.25, 0.3) is 0 Å². The average Bonchev–Trinajstić information content (AvgIpc) is 2.45. The van der Waals surface area contributed by atoms with Crippen LogP contribution in [0.25, 0.3) is 0 Å². The van der Waals surface area contributed by atoms with E-state index in [1.54, 1.807) is 7.11 Å². The van der Waals surface area contributed by atoms with Crippen molar-refractivity contribution in [3.8, 4) is 0 Å². The number of hydrogen-bond donors (Lipinski definition) is 0. The zero-order chi connectivity index (χ0) is 15.3. The summed E-state index contributed by atoms with van der Waals surface area (Å²) >= 11 is 0. The molecule has 1 saturated heterocycles. The van der Waals surface area contributed by atoms with Gasteiger partial charge in [0.1, 0.15) is 5.73 Å². The third-order valence-electron chi connectivity index (χ3n) is 5.29. The maximum atomic E-state index is 14.5. The molecular weight excluding hydrogens is 258 g/mol. The molecule has 0 bridgehead atoms. The van der Waals surface area contributed by atoms with E-state index >= 15 is 0 Å². The topological polar surface area (TPSA) is 27.7 Å². The molecule has 0 unspecified atom stereocenters. The van der Waals surface area contributed by atoms with Gasteiger partial charge < -0.3 is 14.0 Å². The Bertz CT molecular complexity index is 405. The fourth-order valence-electron chi connectivity index (χ4n) is 2.50. The highest BCUT2D eigenvalue weighted by Gasteiger charge is 2.54. The van der Waals surface area contributed by atoms with Crippen LogP contribution in [-0.2, 0) is 14.0 Å². The molecule has 0 aromatic carbocycles. The molecule has 0 N–H and O–H groups in total. The van der Waals surface area contributed by atoms with Gasteiger partial charge in [0.05, 0.1) is 16.8 Å². The second kappa shape index (κ2) is 4.82. The van der Waals surface area contributed by atoms with E-state index in [0.29, 0.717) is 5.92 Å². The van der Waals surface area contributed by atoms with Gasteiger partial charge in [-0.15, -0.1) is 0 Å². The first-order valence-electron chi connectivity index (χ1n) is 7.28. The van der Waals surface area contributed by atoms with Crippen molar-refractivity contribution in [3.63, 3.8) is 0 Å². The van der Waals surface area contributed by atoms with Crippen molar-refractivity contribution in [2.24, 2.45) is 5.92 Å². The molecular formula is C15H26BFO3. The van der Waals surface area contributed by atoms with Crippen molar-refractivity contribution < 1.29 is 18.4 Å². The first-order chi connectivity index (χ1) is 9.00. The van der Waals surface area contributed by atoms with Gasteiger partial charge in [0.2, 0.25) is 0 Å². The van der Waals surface area contributed by atoms with Crippen molar-refractivity contribution in [3.05, 3.63) is 11.3 Å². The van der Waals surface area contributed by atoms with Crippen LogP contribution in [-0.4, -0.2) is 31.0 Å². The summed E-state index contributed by atoms with van der Waals surface area (Å²) in [5, 5.41) is 0. The highest BCUT2D eigenvalue weighted by molar-refractivity contribution is 6.53. The second-order valence-electron chi connectivity index (χ2n) is 7.45. The Morgan fingerprint density at radius 2 is 1.65 bits per heavy atom. The minimum atomic E-state index is -0.860. The molecule has 0 aromatic heterocycles. The van der Waals surface area contributed by atoms with Crippen molar-refractivity contribution in [2.45, 2.75) is 71.2 Å². The third kappa shape index (κ3) is 2.56. The van der Waals surface area contributed by atoms with Crippen LogP contribution in [0.2, 0.25) is 0 Å². The SMILES string of the molecule is COC(C)(C)C1CC(=C(F)B2OC(C)(C)C(C)(C)O2)C1. The first kappa shape index (κ1) is 16.0. The van der Waals surface area contributed by atoms with Gasteiger partial charge in [-0.3, -0.25) is 0 Å². The van der Waals surface area contributed by atoms with Gasteiger partial charge in [-0.2, -0.15) is 0 Å². The minimum absolute atomic E-state index is 0.209. The van der Waals surface area contributed by atoms with E-state index in [1.807, 2.05) is 41.5 Å². The molecule has 2 fully saturated rings. The van der Waals surface area contributed by atoms with E-state index in [0.717, 1.165) is 18.4 Å². The van der Waals surface area contributed by atoms with Gasteiger partial charge in [-0.05, 0) is 65.9 Å². The fourth-order valence-corrected chi connectivity index (χ4v) is 2.50. The summed E-state index contributed by atoms with van der Waals surface area (Å²) in [5.74, 6) is 0.357. The summed E-state index contributed by atoms with van der Waals surface area (Å²) in [4.78, 5) is 0. The van der Waals surface area contributed by atoms with Crippen LogP contribution in [0, 0.1) is 5.92 Å². The lowest BCUT2D eigenvalue weighted by Gasteiger charge is -2.41. The van der Waals surface area contributed by atoms with Crippen LogP contribution >= 0.6 is 0 Å². The molecule has 0 spiro atoms. The summed E-state index contributed by atoms with van der Waals surface area (Å²) in [6.07, 6.45) is 1.44. The molecule has 114 valence electrons. The first-order valence-corrected chi connectivity index (χ1v) is 7.28. The lowest BCUT2D eigenvalue weighted by molar-refractivity contribution is -0.0417. The van der Waals surface area contributed by atoms with Gasteiger partial charge in [-0.1, -0.05) is 0 Å². The number of hydrogen-bond acceptors (Lipinski definition) is 3. The lowest BCUT2D eigenvalue weighted by atomic mass is 9.67. The maximum absolute atomic E-state index is 14.5. The Labute approximate surface area is 122 Å². The van der Waals surface area contributed by atoms with E-state index in [4.69, 9.17) is 14.0 Å². The third-order valence-corrected chi connectivity index (χ3v) is 5.29. The number of methoxy groups -OCH3 is 1. The standard InChI is InChI=1S/C15H26BFO3/c1-13(2,18-7)11-8-10(9-11)12(17)16-19-14(3,4)15(5,6)20-16/h11H,8-9H2,1-7H3. The number of rotatable bonds is 3. The Morgan fingerprint density at radius 1 is 1.20 bits per heavy atom. The second-order valence-corrected chi connectivity index (χ2v) is 7.45. The van der Waals surface area contributed by atoms with E-state index in [2.05, 4.69) is 0 Å². The van der Waals surface area contributed by atoms with Gasteiger partial charge in [0.15, 0.2) is 0 Å². The summed E-state index contributed by atoms with van der Waals surface area (Å²) in [6, 6.07) is 0. The highest BCUT2D eigenvalue weighted by atomic mass is 19.1. The smallest absolute Gasteiger partial charge is 0.398 e. The van der Waals surface area contributed by atoms with Gasteiger partial charge >= 0.3 is 7.12 Å². The molecule has 1 saturated carbocycles. The summed E-state index contributed by atoms with van der Waals surface area (Å²) < 4.78 is 31.4. The van der Waals surface area contributed by atoms with Crippen LogP contribution < -0.4 is 0 Å². The lowest BCUT2D eigenvalue weighted by Crippen LogP contribution is -2.41. The Morgan fingerprint density at radius 3 is 2.05 bits per heavy atom. The Balaban J connectivity index is 2.05. The predicted molar refractivity (Wildman–Crippen MR) is 78.0 cm³/mol. The summed E-state index contributed by atoms with van der Waals surface area (Å²) in [6.45, 7) is 11.8. The van der Waals surface area contributed by atoms with Gasteiger partial charge in [-0.25, -0.2) is 4.39 Å². The Hall–Kier alpha value is -0.385. The van der Waals surface area contributed by atoms with E-state index in [9.17, 15) is 4.39 Å². The minimum Gasteiger partial charge on any atom is -0.398 e. The molecule has 2 rings (SSSR count). The molecule has 2 aliphatic rings. The van der Waals surface area contributed by atoms with Crippen LogP contribution in [0.1, 0.15) is 54.4 Å². The summed E-state index contributed by atoms with van der Waals surface area (Å²) in [7, 11) is 0.841. The quantitative estimate of drug-likeness (QED) is 0.740. The molecule has 1 aliphatic heterocycles. The zero-order valence-electron chi connectivity index (χ0n) is 13.7. The van der Waals surface area contributed by atoms with Crippen LogP contribution in [0.3, 0.4) is 0 Å². The molecule has 1 aliphatic carbocycles. The molecule has 1 heterocycles. The van der Waals surface area contributed by atoms with Crippen LogP contribution in [0.15, 0.2) is 11.3 Å². The van der Waals surface area contributed by atoms with E-state index in [-0.39, 0.29) is 11.3 Å². The van der Waals surface area contributed by atoms with Crippen LogP contribution in [0.5, 0.6) is 0 Å². The summed E-state index contributed by atoms with van der Waals surface area (Å²) in [5.41, 5.74) is -0.639. The number of ether oxygens (including phenoxy) is 1. The molecule has 0 amide bonds. The predicted octanol–water partition coefficient (Wildman–Crippen LogP) is 3.68. The molecule has 0 radical (unpaired) electrons. The molecule has 0 atom stereocenters. The number of halogens is 1. The zero-order valence-corrected chi connectivity index (χ0v) is 13.7. The highest BCUT2D eigenvalue weighted by Crippen LogP contribution is 2.46. The van der Waals surface area contributed by atoms with Gasteiger partial charge in [0, 0.05) is 7.11 Å². The van der Waals surface area contributed by atoms with Crippen molar-refractivity contribution >= 4 is 7.12 Å².